The van der Waals surface area contributed by atoms with E-state index < -0.39 is 0 Å². The van der Waals surface area contributed by atoms with Crippen molar-refractivity contribution >= 4 is 11.8 Å². The van der Waals surface area contributed by atoms with Crippen LogP contribution in [0.1, 0.15) is 50.4 Å². The Morgan fingerprint density at radius 3 is 2.12 bits per heavy atom. The molecule has 0 spiro atoms. The molecule has 0 fully saturated rings. The van der Waals surface area contributed by atoms with Crippen LogP contribution >= 0.6 is 0 Å². The van der Waals surface area contributed by atoms with Gasteiger partial charge < -0.3 is 10.6 Å². The van der Waals surface area contributed by atoms with Gasteiger partial charge in [0.2, 0.25) is 0 Å². The lowest BCUT2D eigenvalue weighted by Gasteiger charge is -2.19. The van der Waals surface area contributed by atoms with E-state index in [4.69, 9.17) is 0 Å². The second kappa shape index (κ2) is 7.25. The van der Waals surface area contributed by atoms with Crippen molar-refractivity contribution in [3.63, 3.8) is 0 Å². The van der Waals surface area contributed by atoms with Crippen molar-refractivity contribution < 1.29 is 9.59 Å². The van der Waals surface area contributed by atoms with Crippen LogP contribution < -0.4 is 10.6 Å². The Morgan fingerprint density at radius 2 is 1.52 bits per heavy atom. The molecular formula is C19H20N4O2. The highest BCUT2D eigenvalue weighted by atomic mass is 16.2. The van der Waals surface area contributed by atoms with Gasteiger partial charge in [0.15, 0.2) is 0 Å². The van der Waals surface area contributed by atoms with Crippen LogP contribution in [0.3, 0.4) is 0 Å². The van der Waals surface area contributed by atoms with E-state index >= 15 is 0 Å². The molecule has 1 aliphatic carbocycles. The molecule has 0 bridgehead atoms. The van der Waals surface area contributed by atoms with Gasteiger partial charge in [0.1, 0.15) is 0 Å². The molecule has 6 nitrogen and oxygen atoms in total. The Balaban J connectivity index is 1.92. The van der Waals surface area contributed by atoms with E-state index in [2.05, 4.69) is 32.8 Å². The van der Waals surface area contributed by atoms with Gasteiger partial charge >= 0.3 is 0 Å². The van der Waals surface area contributed by atoms with Gasteiger partial charge in [0, 0.05) is 60.8 Å². The zero-order valence-corrected chi connectivity index (χ0v) is 14.2. The van der Waals surface area contributed by atoms with E-state index in [1.807, 2.05) is 12.1 Å². The zero-order chi connectivity index (χ0) is 17.8. The van der Waals surface area contributed by atoms with Crippen LogP contribution in [0.2, 0.25) is 0 Å². The maximum absolute atomic E-state index is 11.9. The van der Waals surface area contributed by atoms with Crippen LogP contribution in [-0.4, -0.2) is 35.9 Å². The van der Waals surface area contributed by atoms with Gasteiger partial charge in [0.25, 0.3) is 11.8 Å². The molecule has 3 rings (SSSR count). The molecule has 0 aliphatic heterocycles. The quantitative estimate of drug-likeness (QED) is 0.837. The summed E-state index contributed by atoms with van der Waals surface area (Å²) >= 11 is 0. The van der Waals surface area contributed by atoms with Gasteiger partial charge in [-0.1, -0.05) is 12.2 Å². The minimum absolute atomic E-state index is 0.0250. The SMILES string of the molecule is CNC(=O)c1ccnc(C2C=CCC2c2cc(C(=O)NC)ccn2)c1. The summed E-state index contributed by atoms with van der Waals surface area (Å²) in [6, 6.07) is 7.03. The van der Waals surface area contributed by atoms with Gasteiger partial charge in [-0.3, -0.25) is 19.6 Å². The monoisotopic (exact) mass is 336 g/mol. The molecule has 2 atom stereocenters. The maximum atomic E-state index is 11.9. The number of carbonyl (C=O) groups is 2. The highest BCUT2D eigenvalue weighted by Gasteiger charge is 2.29. The number of aromatic nitrogens is 2. The fourth-order valence-electron chi connectivity index (χ4n) is 3.11. The minimum atomic E-state index is -0.137. The first kappa shape index (κ1) is 16.8. The summed E-state index contributed by atoms with van der Waals surface area (Å²) in [5, 5.41) is 5.26. The summed E-state index contributed by atoms with van der Waals surface area (Å²) in [7, 11) is 3.21. The lowest BCUT2D eigenvalue weighted by molar-refractivity contribution is 0.0954. The van der Waals surface area contributed by atoms with Gasteiger partial charge in [-0.15, -0.1) is 0 Å². The van der Waals surface area contributed by atoms with E-state index in [1.54, 1.807) is 38.6 Å². The predicted molar refractivity (Wildman–Crippen MR) is 94.5 cm³/mol. The van der Waals surface area contributed by atoms with Crippen LogP contribution in [-0.2, 0) is 0 Å². The number of hydrogen-bond donors (Lipinski definition) is 2. The Bertz CT molecular complexity index is 832. The number of rotatable bonds is 4. The Kier molecular flexibility index (Phi) is 4.88. The number of pyridine rings is 2. The third-order valence-electron chi connectivity index (χ3n) is 4.43. The Hall–Kier alpha value is -3.02. The van der Waals surface area contributed by atoms with Crippen LogP contribution in [0.5, 0.6) is 0 Å². The molecule has 2 aromatic rings. The molecule has 2 unspecified atom stereocenters. The summed E-state index contributed by atoms with van der Waals surface area (Å²) in [6.45, 7) is 0. The second-order valence-electron chi connectivity index (χ2n) is 5.89. The zero-order valence-electron chi connectivity index (χ0n) is 14.2. The second-order valence-corrected chi connectivity index (χ2v) is 5.89. The molecular weight excluding hydrogens is 316 g/mol. The van der Waals surface area contributed by atoms with Crippen molar-refractivity contribution in [1.82, 2.24) is 20.6 Å². The molecule has 1 aliphatic rings. The molecule has 0 saturated heterocycles. The number of carbonyl (C=O) groups excluding carboxylic acids is 2. The Morgan fingerprint density at radius 1 is 0.960 bits per heavy atom. The molecule has 6 heteroatoms. The van der Waals surface area contributed by atoms with Crippen LogP contribution in [0.25, 0.3) is 0 Å². The average Bonchev–Trinajstić information content (AvgIpc) is 3.16. The van der Waals surface area contributed by atoms with Gasteiger partial charge in [0.05, 0.1) is 0 Å². The molecule has 0 aromatic carbocycles. The topological polar surface area (TPSA) is 84.0 Å². The normalized spacial score (nSPS) is 18.8. The summed E-state index contributed by atoms with van der Waals surface area (Å²) in [5.74, 6) is -0.151. The summed E-state index contributed by atoms with van der Waals surface area (Å²) < 4.78 is 0. The maximum Gasteiger partial charge on any atom is 0.251 e. The van der Waals surface area contributed by atoms with Gasteiger partial charge in [-0.25, -0.2) is 0 Å². The van der Waals surface area contributed by atoms with Crippen LogP contribution in [0, 0.1) is 0 Å². The Labute approximate surface area is 146 Å². The first-order valence-corrected chi connectivity index (χ1v) is 8.16. The van der Waals surface area contributed by atoms with Crippen molar-refractivity contribution in [1.29, 1.82) is 0 Å². The van der Waals surface area contributed by atoms with E-state index in [0.29, 0.717) is 11.1 Å². The third-order valence-corrected chi connectivity index (χ3v) is 4.43. The summed E-state index contributed by atoms with van der Waals surface area (Å²) in [6.07, 6.45) is 8.31. The minimum Gasteiger partial charge on any atom is -0.355 e. The predicted octanol–water partition coefficient (Wildman–Crippen LogP) is 2.02. The molecule has 0 radical (unpaired) electrons. The van der Waals surface area contributed by atoms with Crippen molar-refractivity contribution in [2.24, 2.45) is 0 Å². The van der Waals surface area contributed by atoms with Crippen molar-refractivity contribution in [2.75, 3.05) is 14.1 Å². The van der Waals surface area contributed by atoms with Crippen molar-refractivity contribution in [2.45, 2.75) is 18.3 Å². The fraction of sp³-hybridized carbons (Fsp3) is 0.263. The summed E-state index contributed by atoms with van der Waals surface area (Å²) in [5.41, 5.74) is 2.85. The smallest absolute Gasteiger partial charge is 0.251 e. The number of nitrogens with one attached hydrogen (secondary N) is 2. The van der Waals surface area contributed by atoms with E-state index in [-0.39, 0.29) is 23.7 Å². The first-order valence-electron chi connectivity index (χ1n) is 8.16. The molecule has 2 N–H and O–H groups in total. The lowest BCUT2D eigenvalue weighted by Crippen LogP contribution is -2.19. The largest absolute Gasteiger partial charge is 0.355 e. The van der Waals surface area contributed by atoms with Gasteiger partial charge in [-0.2, -0.15) is 0 Å². The fourth-order valence-corrected chi connectivity index (χ4v) is 3.11. The number of amides is 2. The molecule has 0 saturated carbocycles. The highest BCUT2D eigenvalue weighted by molar-refractivity contribution is 5.94. The van der Waals surface area contributed by atoms with E-state index in [9.17, 15) is 9.59 Å². The number of hydrogen-bond acceptors (Lipinski definition) is 4. The molecule has 2 heterocycles. The highest BCUT2D eigenvalue weighted by Crippen LogP contribution is 2.40. The van der Waals surface area contributed by atoms with E-state index in [1.165, 1.54) is 0 Å². The first-order chi connectivity index (χ1) is 12.1. The van der Waals surface area contributed by atoms with Crippen molar-refractivity contribution in [3.05, 3.63) is 71.3 Å². The van der Waals surface area contributed by atoms with Crippen LogP contribution in [0.15, 0.2) is 48.8 Å². The number of nitrogens with zero attached hydrogens (tertiary/aromatic N) is 2. The molecule has 2 aromatic heterocycles. The number of allylic oxidation sites excluding steroid dienone is 2. The van der Waals surface area contributed by atoms with E-state index in [0.717, 1.165) is 17.8 Å². The lowest BCUT2D eigenvalue weighted by atomic mass is 9.88. The van der Waals surface area contributed by atoms with Crippen LogP contribution in [0.4, 0.5) is 0 Å². The van der Waals surface area contributed by atoms with Gasteiger partial charge in [-0.05, 0) is 30.7 Å². The molecule has 2 amide bonds. The molecule has 25 heavy (non-hydrogen) atoms. The standard InChI is InChI=1S/C19H20N4O2/c1-20-18(24)12-6-8-22-16(10-12)14-4-3-5-15(14)17-11-13(7-9-23-17)19(25)21-2/h3-4,6-11,14-15H,5H2,1-2H3,(H,20,24)(H,21,25). The average molecular weight is 336 g/mol. The summed E-state index contributed by atoms with van der Waals surface area (Å²) in [4.78, 5) is 32.7. The van der Waals surface area contributed by atoms with Crippen molar-refractivity contribution in [3.8, 4) is 0 Å². The molecule has 128 valence electrons. The third kappa shape index (κ3) is 3.42.